The second-order valence-electron chi connectivity index (χ2n) is 4.44. The normalized spacial score (nSPS) is 9.80. The van der Waals surface area contributed by atoms with Crippen molar-refractivity contribution in [2.75, 3.05) is 0 Å². The minimum absolute atomic E-state index is 0.210. The van der Waals surface area contributed by atoms with Crippen molar-refractivity contribution in [1.29, 1.82) is 5.26 Å². The van der Waals surface area contributed by atoms with E-state index in [2.05, 4.69) is 6.07 Å². The van der Waals surface area contributed by atoms with Crippen LogP contribution < -0.4 is 4.74 Å². The first-order valence-corrected chi connectivity index (χ1v) is 6.54. The first-order chi connectivity index (χ1) is 9.72. The molecule has 0 fully saturated rings. The van der Waals surface area contributed by atoms with Gasteiger partial charge in [-0.05, 0) is 41.8 Å². The van der Waals surface area contributed by atoms with E-state index in [1.807, 2.05) is 31.2 Å². The van der Waals surface area contributed by atoms with Crippen molar-refractivity contribution >= 4 is 5.97 Å². The molecule has 0 saturated carbocycles. The maximum atomic E-state index is 11.4. The van der Waals surface area contributed by atoms with Crippen molar-refractivity contribution in [3.05, 3.63) is 54.1 Å². The van der Waals surface area contributed by atoms with Gasteiger partial charge in [0.1, 0.15) is 5.75 Å². The summed E-state index contributed by atoms with van der Waals surface area (Å²) in [5.74, 6) is 0.347. The van der Waals surface area contributed by atoms with Crippen molar-refractivity contribution in [2.45, 2.75) is 19.8 Å². The average Bonchev–Trinajstić information content (AvgIpc) is 2.48. The van der Waals surface area contributed by atoms with Crippen molar-refractivity contribution < 1.29 is 9.53 Å². The van der Waals surface area contributed by atoms with Crippen LogP contribution in [0.1, 0.15) is 25.3 Å². The number of benzene rings is 2. The Balaban J connectivity index is 2.11. The first-order valence-electron chi connectivity index (χ1n) is 6.54. The Bertz CT molecular complexity index is 622. The van der Waals surface area contributed by atoms with E-state index >= 15 is 0 Å². The monoisotopic (exact) mass is 265 g/mol. The van der Waals surface area contributed by atoms with Gasteiger partial charge in [0.2, 0.25) is 0 Å². The molecule has 2 aromatic carbocycles. The van der Waals surface area contributed by atoms with Gasteiger partial charge in [0.25, 0.3) is 0 Å². The zero-order chi connectivity index (χ0) is 14.4. The quantitative estimate of drug-likeness (QED) is 0.621. The lowest BCUT2D eigenvalue weighted by molar-refractivity contribution is -0.134. The number of nitrogens with zero attached hydrogens (tertiary/aromatic N) is 1. The lowest BCUT2D eigenvalue weighted by atomic mass is 10.0. The molecule has 2 aromatic rings. The van der Waals surface area contributed by atoms with Gasteiger partial charge in [-0.1, -0.05) is 31.2 Å². The van der Waals surface area contributed by atoms with Gasteiger partial charge in [-0.15, -0.1) is 0 Å². The molecule has 0 bridgehead atoms. The Morgan fingerprint density at radius 2 is 1.60 bits per heavy atom. The fourth-order valence-electron chi connectivity index (χ4n) is 1.84. The van der Waals surface area contributed by atoms with E-state index in [9.17, 15) is 4.79 Å². The molecule has 0 aliphatic rings. The maximum absolute atomic E-state index is 11.4. The zero-order valence-electron chi connectivity index (χ0n) is 11.3. The summed E-state index contributed by atoms with van der Waals surface area (Å²) in [4.78, 5) is 11.4. The molecule has 0 radical (unpaired) electrons. The fraction of sp³-hybridized carbons (Fsp3) is 0.176. The fourth-order valence-corrected chi connectivity index (χ4v) is 1.84. The zero-order valence-corrected chi connectivity index (χ0v) is 11.3. The highest BCUT2D eigenvalue weighted by Crippen LogP contribution is 2.23. The van der Waals surface area contributed by atoms with Crippen LogP contribution >= 0.6 is 0 Å². The molecule has 0 unspecified atom stereocenters. The van der Waals surface area contributed by atoms with Gasteiger partial charge in [0.05, 0.1) is 11.6 Å². The molecule has 0 aliphatic carbocycles. The highest BCUT2D eigenvalue weighted by Gasteiger charge is 2.04. The number of nitriles is 1. The van der Waals surface area contributed by atoms with Gasteiger partial charge < -0.3 is 4.74 Å². The standard InChI is InChI=1S/C17H15NO2/c1-2-3-17(19)20-16-10-8-15(9-11-16)14-6-4-13(12-18)5-7-14/h4-11H,2-3H2,1H3. The Morgan fingerprint density at radius 1 is 1.05 bits per heavy atom. The molecule has 20 heavy (non-hydrogen) atoms. The Kier molecular flexibility index (Phi) is 4.52. The van der Waals surface area contributed by atoms with Gasteiger partial charge in [0.15, 0.2) is 0 Å². The third-order valence-corrected chi connectivity index (χ3v) is 2.89. The third kappa shape index (κ3) is 3.46. The van der Waals surface area contributed by atoms with Crippen LogP contribution in [0, 0.1) is 11.3 Å². The topological polar surface area (TPSA) is 50.1 Å². The molecule has 3 heteroatoms. The molecule has 0 amide bonds. The van der Waals surface area contributed by atoms with Crippen LogP contribution in [0.25, 0.3) is 11.1 Å². The minimum atomic E-state index is -0.210. The van der Waals surface area contributed by atoms with Gasteiger partial charge in [-0.25, -0.2) is 0 Å². The second kappa shape index (κ2) is 6.53. The number of hydrogen-bond acceptors (Lipinski definition) is 3. The summed E-state index contributed by atoms with van der Waals surface area (Å²) in [5.41, 5.74) is 2.68. The van der Waals surface area contributed by atoms with Crippen LogP contribution in [0.3, 0.4) is 0 Å². The van der Waals surface area contributed by atoms with E-state index in [-0.39, 0.29) is 5.97 Å². The van der Waals surface area contributed by atoms with Crippen LogP contribution in [0.4, 0.5) is 0 Å². The molecular formula is C17H15NO2. The van der Waals surface area contributed by atoms with E-state index in [4.69, 9.17) is 10.00 Å². The predicted molar refractivity (Wildman–Crippen MR) is 77.1 cm³/mol. The number of carbonyl (C=O) groups excluding carboxylic acids is 1. The van der Waals surface area contributed by atoms with Gasteiger partial charge in [0, 0.05) is 6.42 Å². The highest BCUT2D eigenvalue weighted by molar-refractivity contribution is 5.73. The number of rotatable bonds is 4. The molecule has 0 heterocycles. The molecular weight excluding hydrogens is 250 g/mol. The summed E-state index contributed by atoms with van der Waals surface area (Å²) < 4.78 is 5.20. The summed E-state index contributed by atoms with van der Waals surface area (Å²) >= 11 is 0. The van der Waals surface area contributed by atoms with Gasteiger partial charge >= 0.3 is 5.97 Å². The van der Waals surface area contributed by atoms with Crippen LogP contribution in [-0.2, 0) is 4.79 Å². The molecule has 0 spiro atoms. The highest BCUT2D eigenvalue weighted by atomic mass is 16.5. The van der Waals surface area contributed by atoms with Crippen LogP contribution in [0.15, 0.2) is 48.5 Å². The Hall–Kier alpha value is -2.60. The summed E-state index contributed by atoms with van der Waals surface area (Å²) in [6.45, 7) is 1.94. The largest absolute Gasteiger partial charge is 0.427 e. The molecule has 0 atom stereocenters. The van der Waals surface area contributed by atoms with E-state index in [1.54, 1.807) is 24.3 Å². The van der Waals surface area contributed by atoms with Crippen molar-refractivity contribution in [2.24, 2.45) is 0 Å². The van der Waals surface area contributed by atoms with E-state index in [0.717, 1.165) is 17.5 Å². The second-order valence-corrected chi connectivity index (χ2v) is 4.44. The van der Waals surface area contributed by atoms with Crippen molar-refractivity contribution in [1.82, 2.24) is 0 Å². The van der Waals surface area contributed by atoms with Crippen LogP contribution in [0.5, 0.6) is 5.75 Å². The lowest BCUT2D eigenvalue weighted by Gasteiger charge is -2.05. The summed E-state index contributed by atoms with van der Waals surface area (Å²) in [6, 6.07) is 16.8. The predicted octanol–water partition coefficient (Wildman–Crippen LogP) is 3.93. The SMILES string of the molecule is CCCC(=O)Oc1ccc(-c2ccc(C#N)cc2)cc1. The number of esters is 1. The minimum Gasteiger partial charge on any atom is -0.427 e. The maximum Gasteiger partial charge on any atom is 0.311 e. The smallest absolute Gasteiger partial charge is 0.311 e. The van der Waals surface area contributed by atoms with Crippen molar-refractivity contribution in [3.8, 4) is 22.9 Å². The van der Waals surface area contributed by atoms with Crippen molar-refractivity contribution in [3.63, 3.8) is 0 Å². The molecule has 0 saturated heterocycles. The molecule has 2 rings (SSSR count). The molecule has 100 valence electrons. The first kappa shape index (κ1) is 13.8. The van der Waals surface area contributed by atoms with Gasteiger partial charge in [-0.3, -0.25) is 4.79 Å². The van der Waals surface area contributed by atoms with Crippen LogP contribution in [0.2, 0.25) is 0 Å². The molecule has 3 nitrogen and oxygen atoms in total. The summed E-state index contributed by atoms with van der Waals surface area (Å²) in [5, 5.41) is 8.76. The van der Waals surface area contributed by atoms with Gasteiger partial charge in [-0.2, -0.15) is 5.26 Å². The third-order valence-electron chi connectivity index (χ3n) is 2.89. The Labute approximate surface area is 118 Å². The summed E-state index contributed by atoms with van der Waals surface area (Å²) in [6.07, 6.45) is 1.21. The number of carbonyl (C=O) groups is 1. The van der Waals surface area contributed by atoms with E-state index in [0.29, 0.717) is 17.7 Å². The lowest BCUT2D eigenvalue weighted by Crippen LogP contribution is -2.06. The molecule has 0 aromatic heterocycles. The summed E-state index contributed by atoms with van der Waals surface area (Å²) in [7, 11) is 0. The molecule has 0 N–H and O–H groups in total. The number of ether oxygens (including phenoxy) is 1. The average molecular weight is 265 g/mol. The number of hydrogen-bond donors (Lipinski definition) is 0. The van der Waals surface area contributed by atoms with E-state index in [1.165, 1.54) is 0 Å². The Morgan fingerprint density at radius 3 is 2.10 bits per heavy atom. The van der Waals surface area contributed by atoms with E-state index < -0.39 is 0 Å². The molecule has 0 aliphatic heterocycles. The van der Waals surface area contributed by atoms with Crippen LogP contribution in [-0.4, -0.2) is 5.97 Å².